The number of anilines is 1. The fraction of sp³-hybridized carbons (Fsp3) is 0.545. The van der Waals surface area contributed by atoms with Gasteiger partial charge in [0.2, 0.25) is 0 Å². The van der Waals surface area contributed by atoms with Crippen molar-refractivity contribution < 1.29 is 0 Å². The molecule has 1 aromatic heterocycles. The van der Waals surface area contributed by atoms with E-state index in [1.807, 2.05) is 13.2 Å². The van der Waals surface area contributed by atoms with E-state index in [0.717, 1.165) is 58.1 Å². The number of aromatic nitrogens is 1. The number of piperazine rings is 1. The molecule has 1 aliphatic rings. The Hall–Kier alpha value is -2.12. The zero-order chi connectivity index (χ0) is 20.3. The smallest absolute Gasteiger partial charge is 0.190 e. The number of aliphatic imine (C=N–C) groups is 1. The van der Waals surface area contributed by atoms with Crippen LogP contribution in [0.5, 0.6) is 0 Å². The lowest BCUT2D eigenvalue weighted by Gasteiger charge is -2.36. The first-order chi connectivity index (χ1) is 14.2. The first kappa shape index (κ1) is 21.6. The molecule has 29 heavy (non-hydrogen) atoms. The highest BCUT2D eigenvalue weighted by molar-refractivity contribution is 7.11. The van der Waals surface area contributed by atoms with Gasteiger partial charge in [0.25, 0.3) is 0 Å². The number of thiazole rings is 1. The van der Waals surface area contributed by atoms with Crippen LogP contribution in [0.15, 0.2) is 41.5 Å². The van der Waals surface area contributed by atoms with E-state index >= 15 is 0 Å². The lowest BCUT2D eigenvalue weighted by atomic mass is 10.2. The third-order valence-electron chi connectivity index (χ3n) is 5.21. The molecule has 0 unspecified atom stereocenters. The van der Waals surface area contributed by atoms with Crippen LogP contribution in [-0.4, -0.2) is 68.7 Å². The second-order valence-electron chi connectivity index (χ2n) is 7.41. The summed E-state index contributed by atoms with van der Waals surface area (Å²) in [5.74, 6) is 0.884. The second kappa shape index (κ2) is 11.8. The van der Waals surface area contributed by atoms with E-state index in [2.05, 4.69) is 67.7 Å². The van der Waals surface area contributed by atoms with Gasteiger partial charge < -0.3 is 15.5 Å². The van der Waals surface area contributed by atoms with Gasteiger partial charge in [0, 0.05) is 69.5 Å². The molecule has 7 heteroatoms. The van der Waals surface area contributed by atoms with Crippen molar-refractivity contribution >= 4 is 23.0 Å². The predicted molar refractivity (Wildman–Crippen MR) is 124 cm³/mol. The summed E-state index contributed by atoms with van der Waals surface area (Å²) in [6.45, 7) is 9.65. The molecule has 6 nitrogen and oxygen atoms in total. The van der Waals surface area contributed by atoms with E-state index in [9.17, 15) is 0 Å². The van der Waals surface area contributed by atoms with Crippen LogP contribution in [0.25, 0.3) is 0 Å². The fourth-order valence-electron chi connectivity index (χ4n) is 3.56. The minimum atomic E-state index is 0.859. The molecule has 1 saturated heterocycles. The van der Waals surface area contributed by atoms with Gasteiger partial charge in [-0.25, -0.2) is 4.98 Å². The Kier molecular flexibility index (Phi) is 8.77. The van der Waals surface area contributed by atoms with E-state index in [1.165, 1.54) is 28.5 Å². The Morgan fingerprint density at radius 3 is 2.52 bits per heavy atom. The summed E-state index contributed by atoms with van der Waals surface area (Å²) in [7, 11) is 1.83. The highest BCUT2D eigenvalue weighted by Gasteiger charge is 2.16. The van der Waals surface area contributed by atoms with Gasteiger partial charge in [-0.05, 0) is 38.4 Å². The number of nitrogens with zero attached hydrogens (tertiary/aromatic N) is 4. The maximum atomic E-state index is 4.40. The van der Waals surface area contributed by atoms with Gasteiger partial charge >= 0.3 is 0 Å². The number of benzene rings is 1. The van der Waals surface area contributed by atoms with Crippen LogP contribution in [0.2, 0.25) is 0 Å². The van der Waals surface area contributed by atoms with Crippen molar-refractivity contribution in [1.82, 2.24) is 20.5 Å². The van der Waals surface area contributed by atoms with Gasteiger partial charge in [0.1, 0.15) is 0 Å². The third-order valence-corrected chi connectivity index (χ3v) is 6.18. The topological polar surface area (TPSA) is 55.8 Å². The van der Waals surface area contributed by atoms with Crippen LogP contribution >= 0.6 is 11.3 Å². The minimum absolute atomic E-state index is 0.859. The monoisotopic (exact) mass is 414 g/mol. The van der Waals surface area contributed by atoms with Crippen molar-refractivity contribution in [3.63, 3.8) is 0 Å². The van der Waals surface area contributed by atoms with Crippen LogP contribution in [0.3, 0.4) is 0 Å². The average molecular weight is 415 g/mol. The molecule has 0 radical (unpaired) electrons. The van der Waals surface area contributed by atoms with Gasteiger partial charge in [0.05, 0.1) is 5.01 Å². The van der Waals surface area contributed by atoms with Crippen LogP contribution in [0.4, 0.5) is 5.69 Å². The first-order valence-electron chi connectivity index (χ1n) is 10.6. The van der Waals surface area contributed by atoms with Crippen molar-refractivity contribution in [3.8, 4) is 0 Å². The van der Waals surface area contributed by atoms with Crippen molar-refractivity contribution in [2.45, 2.75) is 26.2 Å². The largest absolute Gasteiger partial charge is 0.369 e. The number of guanidine groups is 1. The second-order valence-corrected chi connectivity index (χ2v) is 8.73. The van der Waals surface area contributed by atoms with Crippen LogP contribution in [-0.2, 0) is 6.42 Å². The maximum Gasteiger partial charge on any atom is 0.190 e. The van der Waals surface area contributed by atoms with Gasteiger partial charge in [-0.1, -0.05) is 18.2 Å². The van der Waals surface area contributed by atoms with Crippen molar-refractivity contribution in [1.29, 1.82) is 0 Å². The summed E-state index contributed by atoms with van der Waals surface area (Å²) in [5.41, 5.74) is 1.35. The molecule has 0 atom stereocenters. The molecule has 1 aromatic carbocycles. The lowest BCUT2D eigenvalue weighted by molar-refractivity contribution is 0.253. The lowest BCUT2D eigenvalue weighted by Crippen LogP contribution is -2.46. The normalized spacial score (nSPS) is 15.5. The van der Waals surface area contributed by atoms with E-state index < -0.39 is 0 Å². The van der Waals surface area contributed by atoms with E-state index in [4.69, 9.17) is 0 Å². The number of unbranched alkanes of at least 4 members (excludes halogenated alkanes) is 1. The number of para-hydroxylation sites is 1. The van der Waals surface area contributed by atoms with Crippen molar-refractivity contribution in [2.75, 3.05) is 57.8 Å². The summed E-state index contributed by atoms with van der Waals surface area (Å²) >= 11 is 1.76. The number of hydrogen-bond donors (Lipinski definition) is 2. The molecule has 3 rings (SSSR count). The summed E-state index contributed by atoms with van der Waals surface area (Å²) in [5, 5.41) is 7.98. The minimum Gasteiger partial charge on any atom is -0.369 e. The standard InChI is InChI=1S/C22H34N6S/c1-19-18-26-21(29-19)10-12-25-22(23-2)24-11-6-7-13-27-14-16-28(17-15-27)20-8-4-3-5-9-20/h3-5,8-9,18H,6-7,10-17H2,1-2H3,(H2,23,24,25). The summed E-state index contributed by atoms with van der Waals surface area (Å²) in [6, 6.07) is 10.7. The average Bonchev–Trinajstić information content (AvgIpc) is 3.18. The van der Waals surface area contributed by atoms with Crippen LogP contribution < -0.4 is 15.5 Å². The predicted octanol–water partition coefficient (Wildman–Crippen LogP) is 2.76. The summed E-state index contributed by atoms with van der Waals surface area (Å²) in [4.78, 5) is 15.1. The molecular formula is C22H34N6S. The molecule has 0 aliphatic carbocycles. The maximum absolute atomic E-state index is 4.40. The number of hydrogen-bond acceptors (Lipinski definition) is 5. The third kappa shape index (κ3) is 7.33. The summed E-state index contributed by atoms with van der Waals surface area (Å²) < 4.78 is 0. The Balaban J connectivity index is 1.23. The molecule has 158 valence electrons. The van der Waals surface area contributed by atoms with Crippen LogP contribution in [0.1, 0.15) is 22.7 Å². The zero-order valence-electron chi connectivity index (χ0n) is 17.7. The van der Waals surface area contributed by atoms with Crippen molar-refractivity contribution in [3.05, 3.63) is 46.4 Å². The molecule has 0 bridgehead atoms. The Morgan fingerprint density at radius 2 is 1.83 bits per heavy atom. The Labute approximate surface area is 179 Å². The Bertz CT molecular complexity index is 737. The SMILES string of the molecule is CN=C(NCCCCN1CCN(c2ccccc2)CC1)NCCc1ncc(C)s1. The summed E-state index contributed by atoms with van der Waals surface area (Å²) in [6.07, 6.45) is 5.25. The van der Waals surface area contributed by atoms with E-state index in [0.29, 0.717) is 0 Å². The fourth-order valence-corrected chi connectivity index (χ4v) is 4.35. The first-order valence-corrected chi connectivity index (χ1v) is 11.4. The zero-order valence-corrected chi connectivity index (χ0v) is 18.5. The molecular weight excluding hydrogens is 380 g/mol. The molecule has 0 amide bonds. The van der Waals surface area contributed by atoms with Gasteiger partial charge in [-0.3, -0.25) is 9.89 Å². The highest BCUT2D eigenvalue weighted by Crippen LogP contribution is 2.15. The molecule has 2 N–H and O–H groups in total. The molecule has 1 fully saturated rings. The highest BCUT2D eigenvalue weighted by atomic mass is 32.1. The number of rotatable bonds is 9. The molecule has 2 heterocycles. The number of nitrogens with one attached hydrogen (secondary N) is 2. The van der Waals surface area contributed by atoms with Gasteiger partial charge in [0.15, 0.2) is 5.96 Å². The van der Waals surface area contributed by atoms with Crippen LogP contribution in [0, 0.1) is 6.92 Å². The molecule has 1 aliphatic heterocycles. The molecule has 2 aromatic rings. The number of aryl methyl sites for hydroxylation is 1. The van der Waals surface area contributed by atoms with E-state index in [-0.39, 0.29) is 0 Å². The molecule has 0 spiro atoms. The van der Waals surface area contributed by atoms with Crippen molar-refractivity contribution in [2.24, 2.45) is 4.99 Å². The molecule has 0 saturated carbocycles. The van der Waals surface area contributed by atoms with Gasteiger partial charge in [-0.2, -0.15) is 0 Å². The van der Waals surface area contributed by atoms with E-state index in [1.54, 1.807) is 11.3 Å². The Morgan fingerprint density at radius 1 is 1.07 bits per heavy atom. The quantitative estimate of drug-likeness (QED) is 0.375. The van der Waals surface area contributed by atoms with Gasteiger partial charge in [-0.15, -0.1) is 11.3 Å².